The highest BCUT2D eigenvalue weighted by Gasteiger charge is 2.39. The number of carbonyl (C=O) groups is 1. The Kier molecular flexibility index (Phi) is 3.06. The molecule has 5 heteroatoms. The molecule has 2 aliphatic rings. The minimum Gasteiger partial charge on any atom is -0.486 e. The first-order valence-electron chi connectivity index (χ1n) is 6.63. The van der Waals surface area contributed by atoms with Crippen molar-refractivity contribution in [2.45, 2.75) is 31.3 Å². The molecule has 3 rings (SSSR count). The molecule has 1 amide bonds. The number of nitrogens with two attached hydrogens (primary N) is 1. The van der Waals surface area contributed by atoms with E-state index in [-0.39, 0.29) is 5.91 Å². The van der Waals surface area contributed by atoms with Crippen LogP contribution in [-0.4, -0.2) is 24.7 Å². The molecule has 5 nitrogen and oxygen atoms in total. The molecule has 0 aromatic heterocycles. The molecule has 3 N–H and O–H groups in total. The van der Waals surface area contributed by atoms with E-state index in [0.29, 0.717) is 19.8 Å². The van der Waals surface area contributed by atoms with Gasteiger partial charge in [-0.2, -0.15) is 0 Å². The highest BCUT2D eigenvalue weighted by Crippen LogP contribution is 2.31. The van der Waals surface area contributed by atoms with Crippen molar-refractivity contribution in [3.63, 3.8) is 0 Å². The van der Waals surface area contributed by atoms with Crippen molar-refractivity contribution in [1.29, 1.82) is 0 Å². The van der Waals surface area contributed by atoms with Crippen LogP contribution in [0.25, 0.3) is 0 Å². The molecule has 0 saturated heterocycles. The third kappa shape index (κ3) is 2.38. The number of ether oxygens (including phenoxy) is 2. The fraction of sp³-hybridized carbons (Fsp3) is 0.500. The number of hydrogen-bond donors (Lipinski definition) is 2. The van der Waals surface area contributed by atoms with Crippen LogP contribution in [-0.2, 0) is 11.3 Å². The standard InChI is InChI=1S/C14H18N2O3/c15-14(4-1-5-14)13(17)16-9-10-2-3-11-12(8-10)19-7-6-18-11/h2-3,8H,1,4-7,9,15H2,(H,16,17). The third-order valence-electron chi connectivity index (χ3n) is 3.76. The van der Waals surface area contributed by atoms with E-state index in [1.165, 1.54) is 0 Å². The number of rotatable bonds is 3. The van der Waals surface area contributed by atoms with Gasteiger partial charge in [-0.1, -0.05) is 6.07 Å². The number of carbonyl (C=O) groups excluding carboxylic acids is 1. The SMILES string of the molecule is NC1(C(=O)NCc2ccc3c(c2)OCCO3)CCC1. The molecule has 102 valence electrons. The molecule has 1 aromatic carbocycles. The van der Waals surface area contributed by atoms with Gasteiger partial charge in [0, 0.05) is 6.54 Å². The summed E-state index contributed by atoms with van der Waals surface area (Å²) in [5, 5.41) is 2.89. The molecule has 0 spiro atoms. The maximum Gasteiger partial charge on any atom is 0.240 e. The van der Waals surface area contributed by atoms with Gasteiger partial charge in [-0.3, -0.25) is 4.79 Å². The van der Waals surface area contributed by atoms with E-state index < -0.39 is 5.54 Å². The lowest BCUT2D eigenvalue weighted by Gasteiger charge is -2.36. The van der Waals surface area contributed by atoms with Gasteiger partial charge in [0.05, 0.1) is 5.54 Å². The van der Waals surface area contributed by atoms with Crippen molar-refractivity contribution in [2.24, 2.45) is 5.73 Å². The minimum atomic E-state index is -0.645. The molecule has 1 heterocycles. The smallest absolute Gasteiger partial charge is 0.240 e. The zero-order chi connectivity index (χ0) is 13.3. The van der Waals surface area contributed by atoms with Crippen molar-refractivity contribution in [2.75, 3.05) is 13.2 Å². The Bertz CT molecular complexity index is 497. The maximum absolute atomic E-state index is 11.9. The molecule has 0 atom stereocenters. The Morgan fingerprint density at radius 2 is 2.00 bits per heavy atom. The second-order valence-corrected chi connectivity index (χ2v) is 5.17. The normalized spacial score (nSPS) is 19.4. The van der Waals surface area contributed by atoms with E-state index in [0.717, 1.165) is 36.3 Å². The number of nitrogens with one attached hydrogen (secondary N) is 1. The molecule has 1 aromatic rings. The van der Waals surface area contributed by atoms with Crippen molar-refractivity contribution < 1.29 is 14.3 Å². The van der Waals surface area contributed by atoms with Crippen molar-refractivity contribution >= 4 is 5.91 Å². The molecule has 0 bridgehead atoms. The van der Waals surface area contributed by atoms with E-state index in [4.69, 9.17) is 15.2 Å². The van der Waals surface area contributed by atoms with Crippen LogP contribution in [0, 0.1) is 0 Å². The summed E-state index contributed by atoms with van der Waals surface area (Å²) in [6, 6.07) is 5.70. The summed E-state index contributed by atoms with van der Waals surface area (Å²) in [4.78, 5) is 11.9. The molecular weight excluding hydrogens is 244 g/mol. The van der Waals surface area contributed by atoms with Gasteiger partial charge in [0.15, 0.2) is 11.5 Å². The first-order chi connectivity index (χ1) is 9.17. The van der Waals surface area contributed by atoms with E-state index in [2.05, 4.69) is 5.32 Å². The topological polar surface area (TPSA) is 73.6 Å². The van der Waals surface area contributed by atoms with Crippen molar-refractivity contribution in [3.8, 4) is 11.5 Å². The first-order valence-corrected chi connectivity index (χ1v) is 6.63. The molecule has 0 unspecified atom stereocenters. The Morgan fingerprint density at radius 3 is 2.68 bits per heavy atom. The zero-order valence-corrected chi connectivity index (χ0v) is 10.8. The molecule has 1 aliphatic carbocycles. The van der Waals surface area contributed by atoms with Crippen LogP contribution in [0.2, 0.25) is 0 Å². The predicted molar refractivity (Wildman–Crippen MR) is 70.0 cm³/mol. The largest absolute Gasteiger partial charge is 0.486 e. The van der Waals surface area contributed by atoms with E-state index in [1.807, 2.05) is 18.2 Å². The van der Waals surface area contributed by atoms with Crippen LogP contribution in [0.5, 0.6) is 11.5 Å². The highest BCUT2D eigenvalue weighted by atomic mass is 16.6. The van der Waals surface area contributed by atoms with Gasteiger partial charge >= 0.3 is 0 Å². The van der Waals surface area contributed by atoms with E-state index in [1.54, 1.807) is 0 Å². The average molecular weight is 262 g/mol. The summed E-state index contributed by atoms with van der Waals surface area (Å²) in [6.45, 7) is 1.61. The minimum absolute atomic E-state index is 0.0614. The fourth-order valence-corrected chi connectivity index (χ4v) is 2.34. The summed E-state index contributed by atoms with van der Waals surface area (Å²) in [6.07, 6.45) is 2.59. The third-order valence-corrected chi connectivity index (χ3v) is 3.76. The van der Waals surface area contributed by atoms with E-state index >= 15 is 0 Å². The van der Waals surface area contributed by atoms with Gasteiger partial charge < -0.3 is 20.5 Å². The predicted octanol–water partition coefficient (Wildman–Crippen LogP) is 0.955. The lowest BCUT2D eigenvalue weighted by molar-refractivity contribution is -0.129. The van der Waals surface area contributed by atoms with Gasteiger partial charge in [-0.25, -0.2) is 0 Å². The van der Waals surface area contributed by atoms with Gasteiger partial charge in [0.2, 0.25) is 5.91 Å². The molecule has 19 heavy (non-hydrogen) atoms. The van der Waals surface area contributed by atoms with Crippen LogP contribution < -0.4 is 20.5 Å². The lowest BCUT2D eigenvalue weighted by atomic mass is 9.77. The monoisotopic (exact) mass is 262 g/mol. The average Bonchev–Trinajstić information content (AvgIpc) is 2.42. The number of fused-ring (bicyclic) bond motifs is 1. The second kappa shape index (κ2) is 4.74. The summed E-state index contributed by atoms with van der Waals surface area (Å²) in [5.74, 6) is 1.44. The highest BCUT2D eigenvalue weighted by molar-refractivity contribution is 5.86. The van der Waals surface area contributed by atoms with Crippen molar-refractivity contribution in [1.82, 2.24) is 5.32 Å². The van der Waals surface area contributed by atoms with Gasteiger partial charge in [-0.15, -0.1) is 0 Å². The summed E-state index contributed by atoms with van der Waals surface area (Å²) in [5.41, 5.74) is 6.31. The maximum atomic E-state index is 11.9. The molecule has 1 saturated carbocycles. The Balaban J connectivity index is 1.62. The molecule has 0 radical (unpaired) electrons. The Hall–Kier alpha value is -1.75. The Labute approximate surface area is 112 Å². The van der Waals surface area contributed by atoms with Gasteiger partial charge in [0.25, 0.3) is 0 Å². The Morgan fingerprint density at radius 1 is 1.26 bits per heavy atom. The van der Waals surface area contributed by atoms with Crippen LogP contribution in [0.4, 0.5) is 0 Å². The van der Waals surface area contributed by atoms with Crippen LogP contribution in [0.1, 0.15) is 24.8 Å². The molecule has 1 aliphatic heterocycles. The second-order valence-electron chi connectivity index (χ2n) is 5.17. The molecule has 1 fully saturated rings. The van der Waals surface area contributed by atoms with Crippen LogP contribution in [0.15, 0.2) is 18.2 Å². The lowest BCUT2D eigenvalue weighted by Crippen LogP contribution is -2.58. The summed E-state index contributed by atoms with van der Waals surface area (Å²) < 4.78 is 11.0. The van der Waals surface area contributed by atoms with Crippen LogP contribution in [0.3, 0.4) is 0 Å². The number of benzene rings is 1. The molecular formula is C14H18N2O3. The summed E-state index contributed by atoms with van der Waals surface area (Å²) >= 11 is 0. The van der Waals surface area contributed by atoms with Gasteiger partial charge in [-0.05, 0) is 37.0 Å². The summed E-state index contributed by atoms with van der Waals surface area (Å²) in [7, 11) is 0. The quantitative estimate of drug-likeness (QED) is 0.850. The first kappa shape index (κ1) is 12.3. The van der Waals surface area contributed by atoms with Crippen molar-refractivity contribution in [3.05, 3.63) is 23.8 Å². The van der Waals surface area contributed by atoms with Gasteiger partial charge in [0.1, 0.15) is 13.2 Å². The number of hydrogen-bond acceptors (Lipinski definition) is 4. The van der Waals surface area contributed by atoms with E-state index in [9.17, 15) is 4.79 Å². The zero-order valence-electron chi connectivity index (χ0n) is 10.8. The number of amides is 1. The van der Waals surface area contributed by atoms with Crippen LogP contribution >= 0.6 is 0 Å². The fourth-order valence-electron chi connectivity index (χ4n) is 2.34.